The summed E-state index contributed by atoms with van der Waals surface area (Å²) in [6.45, 7) is 6.65. The minimum Gasteiger partial charge on any atom is -0.382 e. The van der Waals surface area contributed by atoms with Crippen molar-refractivity contribution in [2.24, 2.45) is 11.7 Å². The Labute approximate surface area is 102 Å². The van der Waals surface area contributed by atoms with Gasteiger partial charge in [0.25, 0.3) is 0 Å². The highest BCUT2D eigenvalue weighted by Crippen LogP contribution is 2.19. The van der Waals surface area contributed by atoms with Crippen LogP contribution in [-0.4, -0.2) is 19.3 Å². The van der Waals surface area contributed by atoms with E-state index in [-0.39, 0.29) is 0 Å². The lowest BCUT2D eigenvalue weighted by Gasteiger charge is -2.20. The number of hydrogen-bond acceptors (Lipinski definition) is 2. The average Bonchev–Trinajstić information content (AvgIpc) is 2.31. The van der Waals surface area contributed by atoms with Crippen molar-refractivity contribution >= 4 is 0 Å². The summed E-state index contributed by atoms with van der Waals surface area (Å²) in [5.41, 5.74) is 6.17. The number of rotatable bonds is 10. The lowest BCUT2D eigenvalue weighted by molar-refractivity contribution is 0.106. The van der Waals surface area contributed by atoms with Crippen LogP contribution in [-0.2, 0) is 4.74 Å². The molecular formula is C14H31NO. The van der Waals surface area contributed by atoms with E-state index in [0.29, 0.717) is 12.1 Å². The summed E-state index contributed by atoms with van der Waals surface area (Å²) < 4.78 is 5.24. The maximum Gasteiger partial charge on any atom is 0.0543 e. The van der Waals surface area contributed by atoms with Crippen LogP contribution in [0.15, 0.2) is 0 Å². The molecule has 3 atom stereocenters. The molecule has 2 N–H and O–H groups in total. The van der Waals surface area contributed by atoms with E-state index in [1.807, 2.05) is 0 Å². The molecule has 0 amide bonds. The van der Waals surface area contributed by atoms with E-state index in [1.54, 1.807) is 7.11 Å². The summed E-state index contributed by atoms with van der Waals surface area (Å²) in [4.78, 5) is 0. The van der Waals surface area contributed by atoms with Crippen LogP contribution in [0.2, 0.25) is 0 Å². The minimum atomic E-state index is 0.349. The standard InChI is InChI=1S/C14H31NO/c1-5-7-8-13(6-2)11-14(15)10-9-12(3)16-4/h12-14H,5-11,15H2,1-4H3. The van der Waals surface area contributed by atoms with Crippen molar-refractivity contribution in [3.05, 3.63) is 0 Å². The van der Waals surface area contributed by atoms with Gasteiger partial charge in [-0.15, -0.1) is 0 Å². The van der Waals surface area contributed by atoms with Gasteiger partial charge in [-0.3, -0.25) is 0 Å². The summed E-state index contributed by atoms with van der Waals surface area (Å²) in [6, 6.07) is 0.361. The minimum absolute atomic E-state index is 0.349. The second kappa shape index (κ2) is 10.1. The third-order valence-corrected chi connectivity index (χ3v) is 3.53. The highest BCUT2D eigenvalue weighted by Gasteiger charge is 2.12. The molecule has 0 rings (SSSR count). The fourth-order valence-electron chi connectivity index (χ4n) is 2.09. The fourth-order valence-corrected chi connectivity index (χ4v) is 2.09. The summed E-state index contributed by atoms with van der Waals surface area (Å²) in [7, 11) is 1.77. The van der Waals surface area contributed by atoms with E-state index >= 15 is 0 Å². The maximum atomic E-state index is 6.17. The second-order valence-corrected chi connectivity index (χ2v) is 5.04. The third kappa shape index (κ3) is 8.12. The van der Waals surface area contributed by atoms with E-state index < -0.39 is 0 Å². The molecule has 0 radical (unpaired) electrons. The molecule has 0 aliphatic heterocycles. The molecule has 0 saturated carbocycles. The fraction of sp³-hybridized carbons (Fsp3) is 1.00. The van der Waals surface area contributed by atoms with Crippen LogP contribution in [0.4, 0.5) is 0 Å². The molecule has 0 spiro atoms. The third-order valence-electron chi connectivity index (χ3n) is 3.53. The molecule has 98 valence electrons. The Morgan fingerprint density at radius 2 is 1.81 bits per heavy atom. The average molecular weight is 229 g/mol. The van der Waals surface area contributed by atoms with Gasteiger partial charge in [0.1, 0.15) is 0 Å². The molecule has 0 saturated heterocycles. The molecule has 0 aromatic heterocycles. The topological polar surface area (TPSA) is 35.2 Å². The van der Waals surface area contributed by atoms with Crippen molar-refractivity contribution < 1.29 is 4.74 Å². The lowest BCUT2D eigenvalue weighted by atomic mass is 9.90. The number of hydrogen-bond donors (Lipinski definition) is 1. The number of methoxy groups -OCH3 is 1. The van der Waals surface area contributed by atoms with Crippen molar-refractivity contribution in [2.45, 2.75) is 77.9 Å². The molecule has 0 fully saturated rings. The van der Waals surface area contributed by atoms with Crippen molar-refractivity contribution in [1.82, 2.24) is 0 Å². The molecule has 0 aliphatic rings. The van der Waals surface area contributed by atoms with Gasteiger partial charge in [-0.2, -0.15) is 0 Å². The van der Waals surface area contributed by atoms with Gasteiger partial charge in [0.05, 0.1) is 6.10 Å². The maximum absolute atomic E-state index is 6.17. The van der Waals surface area contributed by atoms with Gasteiger partial charge in [0.2, 0.25) is 0 Å². The first-order valence-electron chi connectivity index (χ1n) is 6.92. The normalized spacial score (nSPS) is 17.1. The molecule has 0 aliphatic carbocycles. The van der Waals surface area contributed by atoms with E-state index in [0.717, 1.165) is 18.8 Å². The summed E-state index contributed by atoms with van der Waals surface area (Å²) in [5.74, 6) is 0.827. The molecule has 2 nitrogen and oxygen atoms in total. The first-order valence-corrected chi connectivity index (χ1v) is 6.92. The van der Waals surface area contributed by atoms with Crippen molar-refractivity contribution in [1.29, 1.82) is 0 Å². The van der Waals surface area contributed by atoms with Crippen LogP contribution < -0.4 is 5.73 Å². The molecule has 2 heteroatoms. The molecular weight excluding hydrogens is 198 g/mol. The van der Waals surface area contributed by atoms with Gasteiger partial charge >= 0.3 is 0 Å². The summed E-state index contributed by atoms with van der Waals surface area (Å²) in [5, 5.41) is 0. The van der Waals surface area contributed by atoms with Crippen LogP contribution in [0.5, 0.6) is 0 Å². The zero-order valence-electron chi connectivity index (χ0n) is 11.7. The summed E-state index contributed by atoms with van der Waals surface area (Å²) in [6.07, 6.45) is 8.98. The zero-order chi connectivity index (χ0) is 12.4. The van der Waals surface area contributed by atoms with Crippen LogP contribution in [0.3, 0.4) is 0 Å². The number of nitrogens with two attached hydrogens (primary N) is 1. The first kappa shape index (κ1) is 15.9. The summed E-state index contributed by atoms with van der Waals surface area (Å²) >= 11 is 0. The van der Waals surface area contributed by atoms with Crippen LogP contribution in [0.1, 0.15) is 65.7 Å². The Hall–Kier alpha value is -0.0800. The van der Waals surface area contributed by atoms with Crippen molar-refractivity contribution in [3.8, 4) is 0 Å². The molecule has 16 heavy (non-hydrogen) atoms. The van der Waals surface area contributed by atoms with Gasteiger partial charge in [0.15, 0.2) is 0 Å². The Kier molecular flexibility index (Phi) is 10.0. The van der Waals surface area contributed by atoms with Crippen molar-refractivity contribution in [2.75, 3.05) is 7.11 Å². The van der Waals surface area contributed by atoms with Gasteiger partial charge in [-0.05, 0) is 32.1 Å². The SMILES string of the molecule is CCCCC(CC)CC(N)CCC(C)OC. The second-order valence-electron chi connectivity index (χ2n) is 5.04. The van der Waals surface area contributed by atoms with E-state index in [9.17, 15) is 0 Å². The van der Waals surface area contributed by atoms with Gasteiger partial charge in [-0.25, -0.2) is 0 Å². The van der Waals surface area contributed by atoms with Crippen LogP contribution in [0, 0.1) is 5.92 Å². The van der Waals surface area contributed by atoms with E-state index in [2.05, 4.69) is 20.8 Å². The van der Waals surface area contributed by atoms with Crippen molar-refractivity contribution in [3.63, 3.8) is 0 Å². The van der Waals surface area contributed by atoms with Gasteiger partial charge < -0.3 is 10.5 Å². The Morgan fingerprint density at radius 3 is 2.31 bits per heavy atom. The Bertz CT molecular complexity index is 150. The molecule has 0 aromatic rings. The van der Waals surface area contributed by atoms with Gasteiger partial charge in [-0.1, -0.05) is 39.5 Å². The monoisotopic (exact) mass is 229 g/mol. The van der Waals surface area contributed by atoms with Gasteiger partial charge in [0, 0.05) is 13.2 Å². The number of unbranched alkanes of at least 4 members (excludes halogenated alkanes) is 1. The predicted octanol–water partition coefficient (Wildman–Crippen LogP) is 3.74. The first-order chi connectivity index (χ1) is 7.63. The van der Waals surface area contributed by atoms with Crippen LogP contribution in [0.25, 0.3) is 0 Å². The number of ether oxygens (including phenoxy) is 1. The molecule has 0 aromatic carbocycles. The smallest absolute Gasteiger partial charge is 0.0543 e. The zero-order valence-corrected chi connectivity index (χ0v) is 11.7. The highest BCUT2D eigenvalue weighted by atomic mass is 16.5. The van der Waals surface area contributed by atoms with E-state index in [1.165, 1.54) is 32.1 Å². The lowest BCUT2D eigenvalue weighted by Crippen LogP contribution is -2.25. The quantitative estimate of drug-likeness (QED) is 0.619. The Balaban J connectivity index is 3.68. The Morgan fingerprint density at radius 1 is 1.12 bits per heavy atom. The predicted molar refractivity (Wildman–Crippen MR) is 71.6 cm³/mol. The molecule has 0 heterocycles. The van der Waals surface area contributed by atoms with Crippen LogP contribution >= 0.6 is 0 Å². The molecule has 0 bridgehead atoms. The largest absolute Gasteiger partial charge is 0.382 e. The molecule has 3 unspecified atom stereocenters. The highest BCUT2D eigenvalue weighted by molar-refractivity contribution is 4.69. The van der Waals surface area contributed by atoms with E-state index in [4.69, 9.17) is 10.5 Å².